The van der Waals surface area contributed by atoms with Crippen molar-refractivity contribution >= 4 is 33.2 Å². The fourth-order valence-corrected chi connectivity index (χ4v) is 5.83. The Balaban J connectivity index is 1.48. The van der Waals surface area contributed by atoms with Crippen molar-refractivity contribution < 1.29 is 22.4 Å². The van der Waals surface area contributed by atoms with E-state index in [4.69, 9.17) is 0 Å². The second-order valence-electron chi connectivity index (χ2n) is 8.36. The van der Waals surface area contributed by atoms with Crippen LogP contribution in [0.25, 0.3) is 0 Å². The zero-order valence-corrected chi connectivity index (χ0v) is 18.6. The number of amides is 2. The molecule has 0 radical (unpaired) electrons. The van der Waals surface area contributed by atoms with E-state index in [9.17, 15) is 22.4 Å². The molecule has 1 fully saturated rings. The number of halogens is 1. The number of carbonyl (C=O) groups excluding carboxylic acids is 2. The molecule has 2 aromatic carbocycles. The fraction of sp³-hybridized carbons (Fsp3) is 0.391. The number of rotatable bonds is 5. The van der Waals surface area contributed by atoms with E-state index in [2.05, 4.69) is 10.6 Å². The van der Waals surface area contributed by atoms with Crippen molar-refractivity contribution in [1.29, 1.82) is 0 Å². The van der Waals surface area contributed by atoms with E-state index in [0.717, 1.165) is 32.1 Å². The Morgan fingerprint density at radius 3 is 2.47 bits per heavy atom. The van der Waals surface area contributed by atoms with Gasteiger partial charge in [0.15, 0.2) is 0 Å². The molecule has 1 unspecified atom stereocenters. The van der Waals surface area contributed by atoms with Crippen molar-refractivity contribution in [3.63, 3.8) is 0 Å². The van der Waals surface area contributed by atoms with E-state index in [-0.39, 0.29) is 29.0 Å². The lowest BCUT2D eigenvalue weighted by Crippen LogP contribution is -2.38. The Hall–Kier alpha value is -2.78. The van der Waals surface area contributed by atoms with Crippen LogP contribution in [0.4, 0.5) is 15.8 Å². The molecule has 1 saturated carbocycles. The first-order valence-corrected chi connectivity index (χ1v) is 12.2. The van der Waals surface area contributed by atoms with Crippen LogP contribution in [-0.2, 0) is 19.6 Å². The molecule has 1 atom stereocenters. The predicted octanol–water partition coefficient (Wildman–Crippen LogP) is 3.84. The first-order valence-electron chi connectivity index (χ1n) is 10.7. The zero-order valence-electron chi connectivity index (χ0n) is 17.8. The molecular weight excluding hydrogens is 433 g/mol. The number of anilines is 2. The van der Waals surface area contributed by atoms with Gasteiger partial charge in [0.1, 0.15) is 5.82 Å². The van der Waals surface area contributed by atoms with E-state index in [1.807, 2.05) is 0 Å². The molecule has 0 spiro atoms. The fourth-order valence-electron chi connectivity index (χ4n) is 4.42. The van der Waals surface area contributed by atoms with Gasteiger partial charge in [-0.2, -0.15) is 4.31 Å². The van der Waals surface area contributed by atoms with Gasteiger partial charge < -0.3 is 10.6 Å². The van der Waals surface area contributed by atoms with Crippen molar-refractivity contribution in [3.8, 4) is 0 Å². The molecule has 0 bridgehead atoms. The van der Waals surface area contributed by atoms with Crippen molar-refractivity contribution in [2.45, 2.75) is 55.4 Å². The molecule has 0 aromatic heterocycles. The Bertz CT molecular complexity index is 1130. The van der Waals surface area contributed by atoms with Crippen LogP contribution >= 0.6 is 0 Å². The number of fused-ring (bicyclic) bond motifs is 1. The number of hydrogen-bond donors (Lipinski definition) is 2. The number of hydrogen-bond acceptors (Lipinski definition) is 4. The highest BCUT2D eigenvalue weighted by atomic mass is 32.2. The van der Waals surface area contributed by atoms with Crippen LogP contribution in [0.2, 0.25) is 0 Å². The summed E-state index contributed by atoms with van der Waals surface area (Å²) < 4.78 is 40.9. The molecule has 2 N–H and O–H groups in total. The van der Waals surface area contributed by atoms with Gasteiger partial charge in [-0.3, -0.25) is 9.59 Å². The first kappa shape index (κ1) is 22.4. The van der Waals surface area contributed by atoms with E-state index >= 15 is 0 Å². The van der Waals surface area contributed by atoms with Crippen molar-refractivity contribution in [2.75, 3.05) is 17.7 Å². The van der Waals surface area contributed by atoms with Crippen LogP contribution in [0.3, 0.4) is 0 Å². The third kappa shape index (κ3) is 4.54. The van der Waals surface area contributed by atoms with E-state index in [0.29, 0.717) is 11.3 Å². The minimum atomic E-state index is -3.62. The molecule has 2 aromatic rings. The van der Waals surface area contributed by atoms with Gasteiger partial charge in [0.25, 0.3) is 0 Å². The second kappa shape index (κ2) is 8.99. The topological polar surface area (TPSA) is 95.6 Å². The lowest BCUT2D eigenvalue weighted by atomic mass is 9.89. The van der Waals surface area contributed by atoms with Gasteiger partial charge in [0.2, 0.25) is 21.8 Å². The highest BCUT2D eigenvalue weighted by Crippen LogP contribution is 2.34. The van der Waals surface area contributed by atoms with Crippen LogP contribution in [0, 0.1) is 5.82 Å². The summed E-state index contributed by atoms with van der Waals surface area (Å²) in [5.74, 6) is -2.04. The Morgan fingerprint density at radius 1 is 1.09 bits per heavy atom. The summed E-state index contributed by atoms with van der Waals surface area (Å²) in [7, 11) is -2.00. The predicted molar refractivity (Wildman–Crippen MR) is 119 cm³/mol. The molecule has 7 nitrogen and oxygen atoms in total. The van der Waals surface area contributed by atoms with Gasteiger partial charge >= 0.3 is 0 Å². The summed E-state index contributed by atoms with van der Waals surface area (Å²) in [5.41, 5.74) is 1.24. The summed E-state index contributed by atoms with van der Waals surface area (Å²) in [4.78, 5) is 25.0. The van der Waals surface area contributed by atoms with E-state index in [1.165, 1.54) is 46.8 Å². The van der Waals surface area contributed by atoms with Gasteiger partial charge in [0.05, 0.1) is 10.8 Å². The normalized spacial score (nSPS) is 19.3. The van der Waals surface area contributed by atoms with E-state index in [1.54, 1.807) is 7.05 Å². The molecule has 2 aliphatic rings. The maximum atomic E-state index is 13.5. The highest BCUT2D eigenvalue weighted by molar-refractivity contribution is 7.89. The summed E-state index contributed by atoms with van der Waals surface area (Å²) in [5, 5.41) is 5.32. The Morgan fingerprint density at radius 2 is 1.78 bits per heavy atom. The summed E-state index contributed by atoms with van der Waals surface area (Å²) >= 11 is 0. The van der Waals surface area contributed by atoms with Crippen molar-refractivity contribution in [2.24, 2.45) is 0 Å². The van der Waals surface area contributed by atoms with Gasteiger partial charge in [-0.1, -0.05) is 25.3 Å². The molecule has 0 saturated heterocycles. The average molecular weight is 460 g/mol. The number of carbonyl (C=O) groups is 2. The van der Waals surface area contributed by atoms with Gasteiger partial charge in [-0.05, 0) is 54.8 Å². The number of benzene rings is 2. The molecule has 9 heteroatoms. The summed E-state index contributed by atoms with van der Waals surface area (Å²) in [6.07, 6.45) is 4.88. The van der Waals surface area contributed by atoms with Crippen molar-refractivity contribution in [1.82, 2.24) is 4.31 Å². The Labute approximate surface area is 187 Å². The molecule has 2 amide bonds. The number of nitrogens with one attached hydrogen (secondary N) is 2. The van der Waals surface area contributed by atoms with Crippen LogP contribution in [0.5, 0.6) is 0 Å². The molecule has 170 valence electrons. The SMILES string of the molecule is CN(C1CCCCC1)S(=O)(=O)c1ccc(NC(=O)C2CC(=O)Nc3cc(F)ccc32)cc1. The van der Waals surface area contributed by atoms with Crippen LogP contribution in [-0.4, -0.2) is 37.6 Å². The second-order valence-corrected chi connectivity index (χ2v) is 10.4. The van der Waals surface area contributed by atoms with Gasteiger partial charge in [-0.25, -0.2) is 12.8 Å². The lowest BCUT2D eigenvalue weighted by molar-refractivity contribution is -0.123. The van der Waals surface area contributed by atoms with Crippen LogP contribution in [0.1, 0.15) is 50.0 Å². The minimum absolute atomic E-state index is 0.00971. The summed E-state index contributed by atoms with van der Waals surface area (Å²) in [6.45, 7) is 0. The van der Waals surface area contributed by atoms with Gasteiger partial charge in [-0.15, -0.1) is 0 Å². The van der Waals surface area contributed by atoms with Gasteiger partial charge in [0, 0.05) is 30.9 Å². The molecular formula is C23H26FN3O4S. The zero-order chi connectivity index (χ0) is 22.9. The minimum Gasteiger partial charge on any atom is -0.326 e. The van der Waals surface area contributed by atoms with Crippen LogP contribution in [0.15, 0.2) is 47.4 Å². The summed E-state index contributed by atoms with van der Waals surface area (Å²) in [6, 6.07) is 9.96. The van der Waals surface area contributed by atoms with Crippen LogP contribution < -0.4 is 10.6 Å². The average Bonchev–Trinajstić information content (AvgIpc) is 2.78. The molecule has 4 rings (SSSR count). The third-order valence-electron chi connectivity index (χ3n) is 6.26. The maximum Gasteiger partial charge on any atom is 0.243 e. The van der Waals surface area contributed by atoms with Crippen molar-refractivity contribution in [3.05, 3.63) is 53.8 Å². The maximum absolute atomic E-state index is 13.5. The van der Waals surface area contributed by atoms with E-state index < -0.39 is 27.7 Å². The molecule has 32 heavy (non-hydrogen) atoms. The monoisotopic (exact) mass is 459 g/mol. The Kier molecular flexibility index (Phi) is 6.30. The molecule has 1 heterocycles. The first-order chi connectivity index (χ1) is 15.3. The standard InChI is InChI=1S/C23H26FN3O4S/c1-27(17-5-3-2-4-6-17)32(30,31)18-10-8-16(9-11-18)25-23(29)20-14-22(28)26-21-13-15(24)7-12-19(20)21/h7-13,17,20H,2-6,14H2,1H3,(H,25,29)(H,26,28). The number of sulfonamides is 1. The lowest BCUT2D eigenvalue weighted by Gasteiger charge is -2.30. The smallest absolute Gasteiger partial charge is 0.243 e. The highest BCUT2D eigenvalue weighted by Gasteiger charge is 2.32. The third-order valence-corrected chi connectivity index (χ3v) is 8.18. The molecule has 1 aliphatic carbocycles. The quantitative estimate of drug-likeness (QED) is 0.710. The largest absolute Gasteiger partial charge is 0.326 e. The number of nitrogens with zero attached hydrogens (tertiary/aromatic N) is 1. The molecule has 1 aliphatic heterocycles.